The summed E-state index contributed by atoms with van der Waals surface area (Å²) in [5.41, 5.74) is 1.18. The Kier molecular flexibility index (Phi) is 5.32. The SMILES string of the molecule is CCN(C(=O)C(S)Cc1ccccc1)C1CCCC1. The van der Waals surface area contributed by atoms with Crippen LogP contribution in [0.2, 0.25) is 0 Å². The van der Waals surface area contributed by atoms with E-state index in [2.05, 4.69) is 31.7 Å². The second-order valence-electron chi connectivity index (χ2n) is 5.27. The highest BCUT2D eigenvalue weighted by atomic mass is 32.1. The van der Waals surface area contributed by atoms with Crippen molar-refractivity contribution in [2.45, 2.75) is 50.3 Å². The molecule has 1 aliphatic carbocycles. The number of carbonyl (C=O) groups excluding carboxylic acids is 1. The van der Waals surface area contributed by atoms with E-state index in [0.717, 1.165) is 19.4 Å². The molecule has 0 aromatic heterocycles. The van der Waals surface area contributed by atoms with Gasteiger partial charge in [0.2, 0.25) is 5.91 Å². The van der Waals surface area contributed by atoms with Crippen molar-refractivity contribution in [3.05, 3.63) is 35.9 Å². The summed E-state index contributed by atoms with van der Waals surface area (Å²) in [6.07, 6.45) is 5.54. The summed E-state index contributed by atoms with van der Waals surface area (Å²) in [6.45, 7) is 2.87. The molecular weight excluding hydrogens is 254 g/mol. The van der Waals surface area contributed by atoms with Crippen molar-refractivity contribution in [1.82, 2.24) is 4.90 Å². The van der Waals surface area contributed by atoms with Crippen LogP contribution in [0.25, 0.3) is 0 Å². The molecule has 1 amide bonds. The highest BCUT2D eigenvalue weighted by Crippen LogP contribution is 2.25. The molecule has 0 saturated heterocycles. The molecule has 1 fully saturated rings. The van der Waals surface area contributed by atoms with Gasteiger partial charge >= 0.3 is 0 Å². The standard InChI is InChI=1S/C16H23NOS/c1-2-17(14-10-6-7-11-14)16(18)15(19)12-13-8-4-3-5-9-13/h3-5,8-9,14-15,19H,2,6-7,10-12H2,1H3. The molecule has 3 heteroatoms. The Labute approximate surface area is 121 Å². The van der Waals surface area contributed by atoms with Crippen molar-refractivity contribution in [2.24, 2.45) is 0 Å². The van der Waals surface area contributed by atoms with Gasteiger partial charge in [-0.2, -0.15) is 12.6 Å². The number of benzene rings is 1. The molecule has 19 heavy (non-hydrogen) atoms. The van der Waals surface area contributed by atoms with Crippen LogP contribution in [0.3, 0.4) is 0 Å². The molecule has 1 aromatic rings. The van der Waals surface area contributed by atoms with Crippen molar-refractivity contribution in [3.8, 4) is 0 Å². The summed E-state index contributed by atoms with van der Waals surface area (Å²) in [5.74, 6) is 0.196. The van der Waals surface area contributed by atoms with Crippen molar-refractivity contribution < 1.29 is 4.79 Å². The number of hydrogen-bond acceptors (Lipinski definition) is 2. The second-order valence-corrected chi connectivity index (χ2v) is 5.89. The lowest BCUT2D eigenvalue weighted by Gasteiger charge is -2.30. The minimum atomic E-state index is -0.219. The number of hydrogen-bond donors (Lipinski definition) is 1. The largest absolute Gasteiger partial charge is 0.339 e. The fourth-order valence-electron chi connectivity index (χ4n) is 2.93. The van der Waals surface area contributed by atoms with Gasteiger partial charge in [0.25, 0.3) is 0 Å². The summed E-state index contributed by atoms with van der Waals surface area (Å²) < 4.78 is 0. The van der Waals surface area contributed by atoms with Gasteiger partial charge in [0.15, 0.2) is 0 Å². The van der Waals surface area contributed by atoms with Gasteiger partial charge in [0.05, 0.1) is 5.25 Å². The molecule has 1 unspecified atom stereocenters. The van der Waals surface area contributed by atoms with Gasteiger partial charge < -0.3 is 4.90 Å². The van der Waals surface area contributed by atoms with Gasteiger partial charge in [0.1, 0.15) is 0 Å². The quantitative estimate of drug-likeness (QED) is 0.819. The maximum atomic E-state index is 12.5. The Morgan fingerprint density at radius 3 is 2.53 bits per heavy atom. The molecule has 1 aliphatic rings. The van der Waals surface area contributed by atoms with Crippen LogP contribution in [-0.2, 0) is 11.2 Å². The Bertz CT molecular complexity index is 400. The molecule has 104 valence electrons. The smallest absolute Gasteiger partial charge is 0.236 e. The van der Waals surface area contributed by atoms with Crippen LogP contribution in [0, 0.1) is 0 Å². The van der Waals surface area contributed by atoms with E-state index >= 15 is 0 Å². The normalized spacial score (nSPS) is 17.4. The van der Waals surface area contributed by atoms with E-state index in [-0.39, 0.29) is 11.2 Å². The molecule has 0 bridgehead atoms. The van der Waals surface area contributed by atoms with Crippen LogP contribution in [0.4, 0.5) is 0 Å². The predicted octanol–water partition coefficient (Wildman–Crippen LogP) is 3.32. The number of rotatable bonds is 5. The molecule has 0 heterocycles. The number of amides is 1. The van der Waals surface area contributed by atoms with Crippen LogP contribution in [0.5, 0.6) is 0 Å². The summed E-state index contributed by atoms with van der Waals surface area (Å²) in [4.78, 5) is 14.6. The summed E-state index contributed by atoms with van der Waals surface area (Å²) in [6, 6.07) is 10.6. The Hall–Kier alpha value is -0.960. The molecule has 1 saturated carbocycles. The first kappa shape index (κ1) is 14.4. The topological polar surface area (TPSA) is 20.3 Å². The summed E-state index contributed by atoms with van der Waals surface area (Å²) in [7, 11) is 0. The number of thiol groups is 1. The first-order chi connectivity index (χ1) is 9.22. The van der Waals surface area contributed by atoms with Gasteiger partial charge in [-0.15, -0.1) is 0 Å². The zero-order valence-corrected chi connectivity index (χ0v) is 12.5. The van der Waals surface area contributed by atoms with Crippen LogP contribution in [0.15, 0.2) is 30.3 Å². The molecule has 2 rings (SSSR count). The van der Waals surface area contributed by atoms with E-state index < -0.39 is 0 Å². The fourth-order valence-corrected chi connectivity index (χ4v) is 3.29. The van der Waals surface area contributed by atoms with Crippen molar-refractivity contribution in [3.63, 3.8) is 0 Å². The lowest BCUT2D eigenvalue weighted by atomic mass is 10.1. The van der Waals surface area contributed by atoms with Crippen molar-refractivity contribution >= 4 is 18.5 Å². The summed E-state index contributed by atoms with van der Waals surface area (Å²) in [5, 5.41) is -0.219. The Morgan fingerprint density at radius 2 is 1.95 bits per heavy atom. The summed E-state index contributed by atoms with van der Waals surface area (Å²) >= 11 is 4.53. The van der Waals surface area contributed by atoms with Crippen LogP contribution in [-0.4, -0.2) is 28.6 Å². The predicted molar refractivity (Wildman–Crippen MR) is 82.6 cm³/mol. The molecule has 0 spiro atoms. The molecule has 0 N–H and O–H groups in total. The van der Waals surface area contributed by atoms with E-state index in [9.17, 15) is 4.79 Å². The highest BCUT2D eigenvalue weighted by molar-refractivity contribution is 7.81. The molecular formula is C16H23NOS. The molecule has 0 aliphatic heterocycles. The first-order valence-corrected chi connectivity index (χ1v) is 7.76. The highest BCUT2D eigenvalue weighted by Gasteiger charge is 2.28. The van der Waals surface area contributed by atoms with Crippen LogP contribution < -0.4 is 0 Å². The third-order valence-electron chi connectivity index (χ3n) is 3.95. The van der Waals surface area contributed by atoms with Gasteiger partial charge in [0, 0.05) is 12.6 Å². The fraction of sp³-hybridized carbons (Fsp3) is 0.562. The van der Waals surface area contributed by atoms with Crippen LogP contribution >= 0.6 is 12.6 Å². The van der Waals surface area contributed by atoms with E-state index in [0.29, 0.717) is 12.5 Å². The van der Waals surface area contributed by atoms with E-state index in [1.165, 1.54) is 18.4 Å². The zero-order chi connectivity index (χ0) is 13.7. The van der Waals surface area contributed by atoms with E-state index in [4.69, 9.17) is 0 Å². The zero-order valence-electron chi connectivity index (χ0n) is 11.6. The Morgan fingerprint density at radius 1 is 1.32 bits per heavy atom. The average Bonchev–Trinajstić information content (AvgIpc) is 2.94. The molecule has 2 nitrogen and oxygen atoms in total. The number of nitrogens with zero attached hydrogens (tertiary/aromatic N) is 1. The second kappa shape index (κ2) is 6.99. The van der Waals surface area contributed by atoms with Gasteiger partial charge in [-0.3, -0.25) is 4.79 Å². The minimum Gasteiger partial charge on any atom is -0.339 e. The lowest BCUT2D eigenvalue weighted by Crippen LogP contribution is -2.43. The minimum absolute atomic E-state index is 0.196. The maximum absolute atomic E-state index is 12.5. The van der Waals surface area contributed by atoms with Crippen molar-refractivity contribution in [1.29, 1.82) is 0 Å². The van der Waals surface area contributed by atoms with Crippen LogP contribution in [0.1, 0.15) is 38.2 Å². The lowest BCUT2D eigenvalue weighted by molar-refractivity contribution is -0.132. The average molecular weight is 277 g/mol. The van der Waals surface area contributed by atoms with E-state index in [1.54, 1.807) is 0 Å². The first-order valence-electron chi connectivity index (χ1n) is 7.25. The molecule has 1 aromatic carbocycles. The monoisotopic (exact) mass is 277 g/mol. The molecule has 0 radical (unpaired) electrons. The Balaban J connectivity index is 1.97. The number of carbonyl (C=O) groups is 1. The van der Waals surface area contributed by atoms with Gasteiger partial charge in [-0.1, -0.05) is 43.2 Å². The van der Waals surface area contributed by atoms with Gasteiger partial charge in [-0.05, 0) is 31.7 Å². The third-order valence-corrected chi connectivity index (χ3v) is 4.35. The van der Waals surface area contributed by atoms with Crippen molar-refractivity contribution in [2.75, 3.05) is 6.54 Å². The van der Waals surface area contributed by atoms with E-state index in [1.807, 2.05) is 23.1 Å². The van der Waals surface area contributed by atoms with Gasteiger partial charge in [-0.25, -0.2) is 0 Å². The maximum Gasteiger partial charge on any atom is 0.236 e. The molecule has 1 atom stereocenters. The third kappa shape index (κ3) is 3.75.